The molecule has 0 saturated carbocycles. The fraction of sp³-hybridized carbons (Fsp3) is 0.0833. The second-order valence-corrected chi connectivity index (χ2v) is 7.00. The Bertz CT molecular complexity index is 1200. The van der Waals surface area contributed by atoms with E-state index in [4.69, 9.17) is 0 Å². The summed E-state index contributed by atoms with van der Waals surface area (Å²) in [4.78, 5) is 0. The number of hydrogen-bond donors (Lipinski definition) is 0. The van der Waals surface area contributed by atoms with Crippen LogP contribution in [0, 0.1) is 5.41 Å². The zero-order chi connectivity index (χ0) is 15.7. The van der Waals surface area contributed by atoms with Crippen molar-refractivity contribution >= 4 is 32.7 Å². The molecule has 0 nitrogen and oxygen atoms in total. The fourth-order valence-corrected chi connectivity index (χ4v) is 4.89. The van der Waals surface area contributed by atoms with Crippen LogP contribution >= 0.6 is 0 Å². The Labute approximate surface area is 140 Å². The summed E-state index contributed by atoms with van der Waals surface area (Å²) < 4.78 is 0. The molecule has 1 atom stereocenters. The second kappa shape index (κ2) is 4.15. The molecule has 1 unspecified atom stereocenters. The Balaban J connectivity index is 1.96. The highest BCUT2D eigenvalue weighted by molar-refractivity contribution is 6.17. The van der Waals surface area contributed by atoms with Crippen molar-refractivity contribution in [3.05, 3.63) is 95.8 Å². The first-order valence-corrected chi connectivity index (χ1v) is 8.61. The van der Waals surface area contributed by atoms with Gasteiger partial charge in [-0.25, -0.2) is 0 Å². The standard InChI is InChI=1S/C24H16/c1-3-14-24-15-4-2-9-21(24)19-13-11-17-7-5-6-16-10-12-18(20(24)8-1)23(19)22(16)17/h1-14H,15H2. The summed E-state index contributed by atoms with van der Waals surface area (Å²) in [5, 5.41) is 6.92. The van der Waals surface area contributed by atoms with Crippen LogP contribution in [0.25, 0.3) is 32.7 Å². The van der Waals surface area contributed by atoms with Gasteiger partial charge < -0.3 is 0 Å². The monoisotopic (exact) mass is 304 g/mol. The van der Waals surface area contributed by atoms with Crippen molar-refractivity contribution < 1.29 is 0 Å². The van der Waals surface area contributed by atoms with E-state index in [1.54, 1.807) is 0 Å². The molecule has 0 N–H and O–H groups in total. The van der Waals surface area contributed by atoms with Gasteiger partial charge in [0.05, 0.1) is 0 Å². The van der Waals surface area contributed by atoms with E-state index in [1.807, 2.05) is 0 Å². The topological polar surface area (TPSA) is 0 Å². The van der Waals surface area contributed by atoms with Crippen molar-refractivity contribution in [1.29, 1.82) is 0 Å². The molecule has 6 rings (SSSR count). The molecule has 0 aromatic heterocycles. The zero-order valence-corrected chi connectivity index (χ0v) is 13.3. The predicted octanol–water partition coefficient (Wildman–Crippen LogP) is 5.33. The largest absolute Gasteiger partial charge is 0.0830 e. The Morgan fingerprint density at radius 2 is 1.67 bits per heavy atom. The maximum Gasteiger partial charge on any atom is 0.0431 e. The van der Waals surface area contributed by atoms with Crippen molar-refractivity contribution in [1.82, 2.24) is 0 Å². The van der Waals surface area contributed by atoms with E-state index in [2.05, 4.69) is 85.0 Å². The van der Waals surface area contributed by atoms with Gasteiger partial charge in [-0.3, -0.25) is 0 Å². The SMILES string of the molecule is C1=CCC23C=CC=CC2=c2ccc4cccc5ccc(c2c54)C3=C1. The summed E-state index contributed by atoms with van der Waals surface area (Å²) in [5.74, 6) is 0. The van der Waals surface area contributed by atoms with Crippen molar-refractivity contribution in [2.24, 2.45) is 5.41 Å². The van der Waals surface area contributed by atoms with E-state index in [-0.39, 0.29) is 5.41 Å². The fourth-order valence-electron chi connectivity index (χ4n) is 4.89. The van der Waals surface area contributed by atoms with Crippen LogP contribution in [0.2, 0.25) is 0 Å². The van der Waals surface area contributed by atoms with Gasteiger partial charge in [0, 0.05) is 5.41 Å². The minimum Gasteiger partial charge on any atom is -0.0830 e. The molecule has 0 fully saturated rings. The molecule has 0 heteroatoms. The first kappa shape index (κ1) is 12.5. The molecule has 3 aromatic rings. The van der Waals surface area contributed by atoms with Gasteiger partial charge in [0.25, 0.3) is 0 Å². The number of allylic oxidation sites excluding steroid dienone is 8. The zero-order valence-electron chi connectivity index (χ0n) is 13.3. The van der Waals surface area contributed by atoms with Gasteiger partial charge in [0.15, 0.2) is 0 Å². The summed E-state index contributed by atoms with van der Waals surface area (Å²) in [7, 11) is 0. The maximum absolute atomic E-state index is 2.39. The third-order valence-electron chi connectivity index (χ3n) is 5.91. The van der Waals surface area contributed by atoms with Gasteiger partial charge in [0.2, 0.25) is 0 Å². The lowest BCUT2D eigenvalue weighted by molar-refractivity contribution is 0.674. The quantitative estimate of drug-likeness (QED) is 0.526. The highest BCUT2D eigenvalue weighted by Crippen LogP contribution is 2.53. The van der Waals surface area contributed by atoms with E-state index in [0.29, 0.717) is 0 Å². The lowest BCUT2D eigenvalue weighted by Crippen LogP contribution is -2.32. The predicted molar refractivity (Wildman–Crippen MR) is 103 cm³/mol. The van der Waals surface area contributed by atoms with Gasteiger partial charge in [-0.2, -0.15) is 0 Å². The molecule has 112 valence electrons. The minimum absolute atomic E-state index is 0.0101. The summed E-state index contributed by atoms with van der Waals surface area (Å²) >= 11 is 0. The van der Waals surface area contributed by atoms with Crippen LogP contribution in [0.5, 0.6) is 0 Å². The molecule has 0 amide bonds. The van der Waals surface area contributed by atoms with Crippen LogP contribution in [0.1, 0.15) is 12.0 Å². The highest BCUT2D eigenvalue weighted by Gasteiger charge is 2.40. The van der Waals surface area contributed by atoms with Crippen LogP contribution in [0.15, 0.2) is 85.0 Å². The van der Waals surface area contributed by atoms with Gasteiger partial charge in [0.1, 0.15) is 0 Å². The Hall–Kier alpha value is -2.86. The lowest BCUT2D eigenvalue weighted by Gasteiger charge is -2.41. The molecule has 3 aromatic carbocycles. The first-order valence-electron chi connectivity index (χ1n) is 8.61. The third kappa shape index (κ3) is 1.32. The minimum atomic E-state index is 0.0101. The van der Waals surface area contributed by atoms with E-state index in [9.17, 15) is 0 Å². The third-order valence-corrected chi connectivity index (χ3v) is 5.91. The van der Waals surface area contributed by atoms with Crippen molar-refractivity contribution in [3.8, 4) is 0 Å². The second-order valence-electron chi connectivity index (χ2n) is 7.00. The summed E-state index contributed by atoms with van der Waals surface area (Å²) in [6.45, 7) is 0. The van der Waals surface area contributed by atoms with Crippen LogP contribution in [-0.2, 0) is 0 Å². The average Bonchev–Trinajstić information content (AvgIpc) is 2.65. The van der Waals surface area contributed by atoms with E-state index in [1.165, 1.54) is 43.5 Å². The van der Waals surface area contributed by atoms with Crippen molar-refractivity contribution in [3.63, 3.8) is 0 Å². The Morgan fingerprint density at radius 1 is 0.792 bits per heavy atom. The number of hydrogen-bond acceptors (Lipinski definition) is 0. The molecule has 3 aliphatic rings. The van der Waals surface area contributed by atoms with Crippen LogP contribution < -0.4 is 5.22 Å². The van der Waals surface area contributed by atoms with Crippen LogP contribution in [0.3, 0.4) is 0 Å². The maximum atomic E-state index is 2.39. The molecule has 0 bridgehead atoms. The van der Waals surface area contributed by atoms with E-state index in [0.717, 1.165) is 6.42 Å². The molecular weight excluding hydrogens is 288 g/mol. The normalized spacial score (nSPS) is 23.5. The van der Waals surface area contributed by atoms with Crippen molar-refractivity contribution in [2.75, 3.05) is 0 Å². The van der Waals surface area contributed by atoms with Crippen LogP contribution in [-0.4, -0.2) is 0 Å². The van der Waals surface area contributed by atoms with Gasteiger partial charge >= 0.3 is 0 Å². The van der Waals surface area contributed by atoms with E-state index >= 15 is 0 Å². The molecule has 0 aliphatic heterocycles. The van der Waals surface area contributed by atoms with E-state index < -0.39 is 0 Å². The molecular formula is C24H16. The Morgan fingerprint density at radius 3 is 2.58 bits per heavy atom. The van der Waals surface area contributed by atoms with Crippen LogP contribution in [0.4, 0.5) is 0 Å². The van der Waals surface area contributed by atoms with Gasteiger partial charge in [-0.1, -0.05) is 85.0 Å². The van der Waals surface area contributed by atoms with Crippen molar-refractivity contribution in [2.45, 2.75) is 6.42 Å². The summed E-state index contributed by atoms with van der Waals surface area (Å²) in [5.41, 5.74) is 4.32. The number of fused-ring (bicyclic) bond motifs is 1. The summed E-state index contributed by atoms with van der Waals surface area (Å²) in [6.07, 6.45) is 17.0. The van der Waals surface area contributed by atoms with Gasteiger partial charge in [-0.05, 0) is 49.9 Å². The molecule has 3 aliphatic carbocycles. The molecule has 0 radical (unpaired) electrons. The number of rotatable bonds is 0. The number of benzene rings is 3. The highest BCUT2D eigenvalue weighted by atomic mass is 14.4. The molecule has 1 spiro atoms. The molecule has 0 heterocycles. The molecule has 24 heavy (non-hydrogen) atoms. The molecule has 0 saturated heterocycles. The average molecular weight is 304 g/mol. The Kier molecular flexibility index (Phi) is 2.17. The first-order chi connectivity index (χ1) is 11.9. The lowest BCUT2D eigenvalue weighted by atomic mass is 9.62. The smallest absolute Gasteiger partial charge is 0.0431 e. The summed E-state index contributed by atoms with van der Waals surface area (Å²) in [6, 6.07) is 15.9. The van der Waals surface area contributed by atoms with Gasteiger partial charge in [-0.15, -0.1) is 0 Å².